The van der Waals surface area contributed by atoms with Crippen molar-refractivity contribution in [2.45, 2.75) is 6.43 Å². The second-order valence-electron chi connectivity index (χ2n) is 2.40. The van der Waals surface area contributed by atoms with Crippen molar-refractivity contribution in [2.24, 2.45) is 0 Å². The van der Waals surface area contributed by atoms with Crippen molar-refractivity contribution in [3.05, 3.63) is 0 Å². The van der Waals surface area contributed by atoms with E-state index in [1.807, 2.05) is 0 Å². The van der Waals surface area contributed by atoms with E-state index in [-0.39, 0.29) is 18.0 Å². The van der Waals surface area contributed by atoms with Gasteiger partial charge in [0.1, 0.15) is 0 Å². The van der Waals surface area contributed by atoms with Crippen LogP contribution in [0.1, 0.15) is 0 Å². The predicted molar refractivity (Wildman–Crippen MR) is 47.4 cm³/mol. The summed E-state index contributed by atoms with van der Waals surface area (Å²) in [6.45, 7) is -0.545. The van der Waals surface area contributed by atoms with Gasteiger partial charge in [0.25, 0.3) is 6.43 Å². The molecule has 0 saturated heterocycles. The molecule has 0 saturated carbocycles. The Morgan fingerprint density at radius 3 is 2.07 bits per heavy atom. The van der Waals surface area contributed by atoms with Gasteiger partial charge >= 0.3 is 12.0 Å². The van der Waals surface area contributed by atoms with Gasteiger partial charge in [-0.15, -0.1) is 4.98 Å². The number of rotatable bonds is 5. The first-order valence-corrected chi connectivity index (χ1v) is 4.01. The van der Waals surface area contributed by atoms with Crippen molar-refractivity contribution >= 4 is 5.95 Å². The molecule has 0 aliphatic heterocycles. The highest BCUT2D eigenvalue weighted by molar-refractivity contribution is 5.27. The third-order valence-corrected chi connectivity index (χ3v) is 1.37. The Labute approximate surface area is 84.7 Å². The maximum Gasteiger partial charge on any atom is 0.324 e. The van der Waals surface area contributed by atoms with Crippen LogP contribution in [0.15, 0.2) is 0 Å². The molecule has 0 amide bonds. The molecule has 15 heavy (non-hydrogen) atoms. The maximum absolute atomic E-state index is 11.9. The molecule has 0 atom stereocenters. The Morgan fingerprint density at radius 2 is 1.67 bits per heavy atom. The fourth-order valence-electron chi connectivity index (χ4n) is 0.768. The van der Waals surface area contributed by atoms with Gasteiger partial charge in [0.15, 0.2) is 0 Å². The van der Waals surface area contributed by atoms with Crippen molar-refractivity contribution in [1.29, 1.82) is 0 Å². The Morgan fingerprint density at radius 1 is 1.13 bits per heavy atom. The lowest BCUT2D eigenvalue weighted by molar-refractivity contribution is 0.163. The second kappa shape index (κ2) is 5.23. The minimum absolute atomic E-state index is 0.00128. The van der Waals surface area contributed by atoms with Crippen molar-refractivity contribution in [1.82, 2.24) is 15.0 Å². The number of anilines is 1. The molecule has 0 fully saturated rings. The number of methoxy groups -OCH3 is 2. The Hall–Kier alpha value is -1.73. The summed E-state index contributed by atoms with van der Waals surface area (Å²) < 4.78 is 33.2. The summed E-state index contributed by atoms with van der Waals surface area (Å²) in [5.41, 5.74) is 0. The minimum atomic E-state index is -2.49. The molecule has 1 rings (SSSR count). The van der Waals surface area contributed by atoms with Crippen molar-refractivity contribution in [3.63, 3.8) is 0 Å². The first-order chi connectivity index (χ1) is 7.15. The molecule has 0 aromatic carbocycles. The van der Waals surface area contributed by atoms with Crippen LogP contribution in [-0.4, -0.2) is 42.1 Å². The summed E-state index contributed by atoms with van der Waals surface area (Å²) in [5, 5.41) is 2.32. The van der Waals surface area contributed by atoms with Gasteiger partial charge in [-0.05, 0) is 0 Å². The molecule has 84 valence electrons. The SMILES string of the molecule is COc1nc(NCC(F)F)nc(OC)n1. The van der Waals surface area contributed by atoms with Crippen LogP contribution in [0.3, 0.4) is 0 Å². The van der Waals surface area contributed by atoms with E-state index in [0.29, 0.717) is 0 Å². The van der Waals surface area contributed by atoms with Crippen LogP contribution in [0.2, 0.25) is 0 Å². The highest BCUT2D eigenvalue weighted by atomic mass is 19.3. The Balaban J connectivity index is 2.77. The van der Waals surface area contributed by atoms with Gasteiger partial charge in [0.2, 0.25) is 5.95 Å². The van der Waals surface area contributed by atoms with Gasteiger partial charge in [-0.3, -0.25) is 0 Å². The summed E-state index contributed by atoms with van der Waals surface area (Å²) in [4.78, 5) is 11.1. The van der Waals surface area contributed by atoms with E-state index in [2.05, 4.69) is 20.3 Å². The van der Waals surface area contributed by atoms with Crippen LogP contribution >= 0.6 is 0 Å². The van der Waals surface area contributed by atoms with Crippen molar-refractivity contribution < 1.29 is 18.3 Å². The molecule has 0 unspecified atom stereocenters. The van der Waals surface area contributed by atoms with Crippen molar-refractivity contribution in [3.8, 4) is 12.0 Å². The third kappa shape index (κ3) is 3.49. The molecule has 1 aromatic heterocycles. The maximum atomic E-state index is 11.9. The fourth-order valence-corrected chi connectivity index (χ4v) is 0.768. The molecule has 0 aliphatic rings. The quantitative estimate of drug-likeness (QED) is 0.782. The highest BCUT2D eigenvalue weighted by Gasteiger charge is 2.08. The molecule has 6 nitrogen and oxygen atoms in total. The van der Waals surface area contributed by atoms with Gasteiger partial charge in [0.05, 0.1) is 20.8 Å². The van der Waals surface area contributed by atoms with Crippen LogP contribution in [0, 0.1) is 0 Å². The number of nitrogens with zero attached hydrogens (tertiary/aromatic N) is 3. The molecule has 8 heteroatoms. The smallest absolute Gasteiger partial charge is 0.324 e. The first kappa shape index (κ1) is 11.3. The predicted octanol–water partition coefficient (Wildman–Crippen LogP) is 0.566. The molecule has 0 aliphatic carbocycles. The van der Waals surface area contributed by atoms with E-state index in [9.17, 15) is 8.78 Å². The lowest BCUT2D eigenvalue weighted by atomic mass is 10.7. The first-order valence-electron chi connectivity index (χ1n) is 4.01. The standard InChI is InChI=1S/C7H10F2N4O2/c1-14-6-11-5(10-3-4(8)9)12-7(13-6)15-2/h4H,3H2,1-2H3,(H,10,11,12,13). The molecule has 0 bridgehead atoms. The van der Waals surface area contributed by atoms with Crippen LogP contribution in [0.25, 0.3) is 0 Å². The van der Waals surface area contributed by atoms with Gasteiger partial charge in [-0.1, -0.05) is 0 Å². The highest BCUT2D eigenvalue weighted by Crippen LogP contribution is 2.11. The average Bonchev–Trinajstić information content (AvgIpc) is 2.25. The number of ether oxygens (including phenoxy) is 2. The second-order valence-corrected chi connectivity index (χ2v) is 2.40. The van der Waals surface area contributed by atoms with Gasteiger partial charge in [-0.2, -0.15) is 9.97 Å². The van der Waals surface area contributed by atoms with E-state index >= 15 is 0 Å². The van der Waals surface area contributed by atoms with E-state index in [4.69, 9.17) is 9.47 Å². The molecule has 1 N–H and O–H groups in total. The Kier molecular flexibility index (Phi) is 3.95. The number of aromatic nitrogens is 3. The molecular weight excluding hydrogens is 210 g/mol. The zero-order valence-electron chi connectivity index (χ0n) is 8.20. The molecular formula is C7H10F2N4O2. The van der Waals surface area contributed by atoms with Crippen molar-refractivity contribution in [2.75, 3.05) is 26.1 Å². The van der Waals surface area contributed by atoms with Crippen LogP contribution in [0.5, 0.6) is 12.0 Å². The zero-order chi connectivity index (χ0) is 11.3. The van der Waals surface area contributed by atoms with Crippen LogP contribution in [-0.2, 0) is 0 Å². The van der Waals surface area contributed by atoms with Gasteiger partial charge in [-0.25, -0.2) is 8.78 Å². The fraction of sp³-hybridized carbons (Fsp3) is 0.571. The number of halogens is 2. The summed E-state index contributed by atoms with van der Waals surface area (Å²) in [6, 6.07) is -0.00256. The van der Waals surface area contributed by atoms with Crippen LogP contribution in [0.4, 0.5) is 14.7 Å². The summed E-state index contributed by atoms with van der Waals surface area (Å²) in [6.07, 6.45) is -2.49. The van der Waals surface area contributed by atoms with Gasteiger partial charge in [0, 0.05) is 0 Å². The van der Waals surface area contributed by atoms with E-state index in [1.165, 1.54) is 14.2 Å². The number of nitrogens with one attached hydrogen (secondary N) is 1. The monoisotopic (exact) mass is 220 g/mol. The molecule has 0 spiro atoms. The lowest BCUT2D eigenvalue weighted by Gasteiger charge is -2.06. The van der Waals surface area contributed by atoms with E-state index in [0.717, 1.165) is 0 Å². The lowest BCUT2D eigenvalue weighted by Crippen LogP contribution is -2.13. The normalized spacial score (nSPS) is 10.2. The average molecular weight is 220 g/mol. The molecule has 1 aromatic rings. The zero-order valence-corrected chi connectivity index (χ0v) is 8.20. The summed E-state index contributed by atoms with van der Waals surface area (Å²) in [7, 11) is 2.71. The Bertz CT molecular complexity index is 302. The number of alkyl halides is 2. The van der Waals surface area contributed by atoms with E-state index < -0.39 is 13.0 Å². The summed E-state index contributed by atoms with van der Waals surface area (Å²) in [5.74, 6) is -0.0148. The number of hydrogen-bond acceptors (Lipinski definition) is 6. The van der Waals surface area contributed by atoms with Gasteiger partial charge < -0.3 is 14.8 Å². The topological polar surface area (TPSA) is 69.2 Å². The third-order valence-electron chi connectivity index (χ3n) is 1.37. The largest absolute Gasteiger partial charge is 0.467 e. The van der Waals surface area contributed by atoms with Crippen LogP contribution < -0.4 is 14.8 Å². The number of hydrogen-bond donors (Lipinski definition) is 1. The molecule has 1 heterocycles. The minimum Gasteiger partial charge on any atom is -0.467 e. The molecule has 0 radical (unpaired) electrons. The van der Waals surface area contributed by atoms with E-state index in [1.54, 1.807) is 0 Å². The summed E-state index contributed by atoms with van der Waals surface area (Å²) >= 11 is 0.